The zero-order valence-corrected chi connectivity index (χ0v) is 22.1. The molecule has 1 aliphatic heterocycles. The lowest BCUT2D eigenvalue weighted by Gasteiger charge is -2.40. The summed E-state index contributed by atoms with van der Waals surface area (Å²) >= 11 is 0. The average molecular weight is 523 g/mol. The molecule has 2 aromatic carbocycles. The lowest BCUT2D eigenvalue weighted by molar-refractivity contribution is -0.157. The first-order valence-corrected chi connectivity index (χ1v) is 14.8. The van der Waals surface area contributed by atoms with Gasteiger partial charge in [0.05, 0.1) is 21.8 Å². The van der Waals surface area contributed by atoms with Gasteiger partial charge in [-0.2, -0.15) is 8.61 Å². The van der Waals surface area contributed by atoms with Gasteiger partial charge in [-0.15, -0.1) is 0 Å². The average Bonchev–Trinajstić information content (AvgIpc) is 2.85. The molecular formula is C25H34N2O6S2. The third kappa shape index (κ3) is 5.77. The van der Waals surface area contributed by atoms with Crippen molar-refractivity contribution in [2.75, 3.05) is 32.8 Å². The number of ether oxygens (including phenoxy) is 1. The van der Waals surface area contributed by atoms with Crippen LogP contribution < -0.4 is 0 Å². The topological polar surface area (TPSA) is 101 Å². The van der Waals surface area contributed by atoms with Gasteiger partial charge in [-0.3, -0.25) is 4.79 Å². The number of sulfonamides is 2. The molecule has 0 saturated carbocycles. The number of benzene rings is 2. The quantitative estimate of drug-likeness (QED) is 0.444. The predicted molar refractivity (Wildman–Crippen MR) is 134 cm³/mol. The monoisotopic (exact) mass is 522 g/mol. The molecule has 10 heteroatoms. The van der Waals surface area contributed by atoms with Crippen molar-refractivity contribution in [1.29, 1.82) is 0 Å². The van der Waals surface area contributed by atoms with Gasteiger partial charge >= 0.3 is 5.97 Å². The summed E-state index contributed by atoms with van der Waals surface area (Å²) in [5.74, 6) is -0.399. The minimum Gasteiger partial charge on any atom is -0.466 e. The summed E-state index contributed by atoms with van der Waals surface area (Å²) in [4.78, 5) is 13.1. The molecule has 0 aromatic heterocycles. The lowest BCUT2D eigenvalue weighted by Crippen LogP contribution is -2.51. The zero-order valence-electron chi connectivity index (χ0n) is 20.5. The molecule has 3 rings (SSSR count). The molecule has 0 spiro atoms. The van der Waals surface area contributed by atoms with E-state index in [1.54, 1.807) is 20.8 Å². The predicted octanol–water partition coefficient (Wildman–Crippen LogP) is 3.29. The summed E-state index contributed by atoms with van der Waals surface area (Å²) in [6, 6.07) is 14.8. The van der Waals surface area contributed by atoms with Gasteiger partial charge in [-0.1, -0.05) is 44.2 Å². The highest BCUT2D eigenvalue weighted by atomic mass is 32.2. The Hall–Kier alpha value is -2.27. The van der Waals surface area contributed by atoms with Crippen molar-refractivity contribution in [3.63, 3.8) is 0 Å². The van der Waals surface area contributed by atoms with Crippen molar-refractivity contribution in [3.8, 4) is 0 Å². The Balaban J connectivity index is 1.91. The summed E-state index contributed by atoms with van der Waals surface area (Å²) in [6.07, 6.45) is 1.41. The largest absolute Gasteiger partial charge is 0.466 e. The van der Waals surface area contributed by atoms with Crippen LogP contribution in [0.3, 0.4) is 0 Å². The molecule has 35 heavy (non-hydrogen) atoms. The summed E-state index contributed by atoms with van der Waals surface area (Å²) in [6.45, 7) is 6.38. The Labute approximate surface area is 209 Å². The van der Waals surface area contributed by atoms with Crippen LogP contribution in [0.25, 0.3) is 0 Å². The zero-order chi connectivity index (χ0) is 25.7. The second-order valence-corrected chi connectivity index (χ2v) is 12.5. The molecule has 0 aliphatic carbocycles. The van der Waals surface area contributed by atoms with Gasteiger partial charge in [0.15, 0.2) is 0 Å². The minimum absolute atomic E-state index is 0.00254. The van der Waals surface area contributed by atoms with E-state index in [9.17, 15) is 21.6 Å². The van der Waals surface area contributed by atoms with Gasteiger partial charge in [0, 0.05) is 26.2 Å². The maximum absolute atomic E-state index is 13.5. The smallest absolute Gasteiger partial charge is 0.313 e. The number of rotatable bonds is 10. The fourth-order valence-corrected chi connectivity index (χ4v) is 7.62. The van der Waals surface area contributed by atoms with Crippen molar-refractivity contribution in [1.82, 2.24) is 8.61 Å². The van der Waals surface area contributed by atoms with E-state index < -0.39 is 31.4 Å². The van der Waals surface area contributed by atoms with Crippen LogP contribution in [0.5, 0.6) is 0 Å². The molecule has 1 saturated heterocycles. The van der Waals surface area contributed by atoms with Gasteiger partial charge in [-0.25, -0.2) is 16.8 Å². The van der Waals surface area contributed by atoms with E-state index in [4.69, 9.17) is 4.74 Å². The number of nitrogens with zero attached hydrogens (tertiary/aromatic N) is 2. The van der Waals surface area contributed by atoms with Crippen LogP contribution >= 0.6 is 0 Å². The van der Waals surface area contributed by atoms with Gasteiger partial charge in [0.1, 0.15) is 0 Å². The maximum Gasteiger partial charge on any atom is 0.313 e. The van der Waals surface area contributed by atoms with Crippen molar-refractivity contribution >= 4 is 26.0 Å². The highest BCUT2D eigenvalue weighted by molar-refractivity contribution is 7.89. The first-order chi connectivity index (χ1) is 16.6. The van der Waals surface area contributed by atoms with Crippen LogP contribution in [0.4, 0.5) is 0 Å². The summed E-state index contributed by atoms with van der Waals surface area (Å²) in [5, 5.41) is 0. The number of piperidine rings is 1. The summed E-state index contributed by atoms with van der Waals surface area (Å²) in [7, 11) is -7.65. The molecule has 0 bridgehead atoms. The van der Waals surface area contributed by atoms with Crippen molar-refractivity contribution in [2.45, 2.75) is 49.8 Å². The molecule has 0 N–H and O–H groups in total. The van der Waals surface area contributed by atoms with Crippen LogP contribution in [0.15, 0.2) is 64.4 Å². The summed E-state index contributed by atoms with van der Waals surface area (Å²) in [5.41, 5.74) is -0.0555. The number of esters is 1. The molecule has 2 aromatic rings. The fraction of sp³-hybridized carbons (Fsp3) is 0.480. The van der Waals surface area contributed by atoms with E-state index in [0.29, 0.717) is 32.4 Å². The molecule has 0 radical (unpaired) electrons. The third-order valence-corrected chi connectivity index (χ3v) is 10.4. The summed E-state index contributed by atoms with van der Waals surface area (Å²) < 4.78 is 60.6. The number of hydrogen-bond acceptors (Lipinski definition) is 6. The molecule has 0 amide bonds. The lowest BCUT2D eigenvalue weighted by atomic mass is 9.75. The van der Waals surface area contributed by atoms with Gasteiger partial charge in [0.2, 0.25) is 20.0 Å². The second-order valence-electron chi connectivity index (χ2n) is 8.67. The molecule has 1 unspecified atom stereocenters. The van der Waals surface area contributed by atoms with Crippen LogP contribution in [-0.2, 0) is 36.0 Å². The third-order valence-electron chi connectivity index (χ3n) is 6.44. The first-order valence-electron chi connectivity index (χ1n) is 11.9. The molecule has 8 nitrogen and oxygen atoms in total. The highest BCUT2D eigenvalue weighted by Gasteiger charge is 2.46. The molecular weight excluding hydrogens is 488 g/mol. The van der Waals surface area contributed by atoms with Gasteiger partial charge < -0.3 is 4.74 Å². The number of carbonyl (C=O) groups is 1. The van der Waals surface area contributed by atoms with Gasteiger partial charge in [0.25, 0.3) is 0 Å². The van der Waals surface area contributed by atoms with Gasteiger partial charge in [-0.05, 0) is 56.0 Å². The van der Waals surface area contributed by atoms with E-state index in [-0.39, 0.29) is 29.5 Å². The molecule has 1 atom stereocenters. The normalized spacial score (nSPS) is 19.5. The molecule has 1 heterocycles. The number of carbonyl (C=O) groups excluding carboxylic acids is 1. The van der Waals surface area contributed by atoms with E-state index in [1.165, 1.54) is 32.9 Å². The van der Waals surface area contributed by atoms with E-state index in [1.807, 2.05) is 30.3 Å². The Morgan fingerprint density at radius 2 is 1.54 bits per heavy atom. The van der Waals surface area contributed by atoms with Crippen LogP contribution in [0.1, 0.15) is 39.2 Å². The van der Waals surface area contributed by atoms with Crippen LogP contribution in [-0.4, -0.2) is 64.2 Å². The van der Waals surface area contributed by atoms with E-state index in [0.717, 1.165) is 5.56 Å². The number of hydrogen-bond donors (Lipinski definition) is 0. The van der Waals surface area contributed by atoms with Crippen molar-refractivity contribution in [3.05, 3.63) is 60.2 Å². The molecule has 192 valence electrons. The Morgan fingerprint density at radius 1 is 0.943 bits per heavy atom. The second kappa shape index (κ2) is 11.2. The molecule has 1 fully saturated rings. The van der Waals surface area contributed by atoms with E-state index >= 15 is 0 Å². The first kappa shape index (κ1) is 27.3. The minimum atomic E-state index is -3.95. The SMILES string of the molecule is CCOC(=O)C1(Cc2ccccc2)CCCN(S(=O)(=O)c2ccc(S(=O)(=O)N(CC)CC)cc2)C1. The fourth-order valence-electron chi connectivity index (χ4n) is 4.59. The van der Waals surface area contributed by atoms with Crippen molar-refractivity contribution < 1.29 is 26.4 Å². The van der Waals surface area contributed by atoms with Crippen molar-refractivity contribution in [2.24, 2.45) is 5.41 Å². The highest BCUT2D eigenvalue weighted by Crippen LogP contribution is 2.37. The Morgan fingerprint density at radius 3 is 2.11 bits per heavy atom. The standard InChI is InChI=1S/C25H34N2O6S2/c1-4-26(5-2)34(29,30)22-13-15-23(16-14-22)35(31,32)27-18-10-17-25(20-27,24(28)33-6-3)19-21-11-8-7-9-12-21/h7-9,11-16H,4-6,10,17-20H2,1-3H3. The molecule has 1 aliphatic rings. The van der Waals surface area contributed by atoms with Crippen LogP contribution in [0, 0.1) is 5.41 Å². The Bertz CT molecular complexity index is 1210. The maximum atomic E-state index is 13.5. The van der Waals surface area contributed by atoms with Crippen LogP contribution in [0.2, 0.25) is 0 Å². The Kier molecular flexibility index (Phi) is 8.74. The van der Waals surface area contributed by atoms with E-state index in [2.05, 4.69) is 0 Å².